The lowest BCUT2D eigenvalue weighted by Gasteiger charge is -2.30. The van der Waals surface area contributed by atoms with Crippen LogP contribution < -0.4 is 4.74 Å². The number of nitrogens with zero attached hydrogens (tertiary/aromatic N) is 4. The molecule has 0 saturated carbocycles. The highest BCUT2D eigenvalue weighted by atomic mass is 35.5. The Morgan fingerprint density at radius 1 is 1.15 bits per heavy atom. The molecule has 0 aromatic heterocycles. The van der Waals surface area contributed by atoms with Gasteiger partial charge in [-0.05, 0) is 31.3 Å². The van der Waals surface area contributed by atoms with Gasteiger partial charge in [0.05, 0.1) is 16.2 Å². The molecular formula is C18H19ClN4O3. The first-order chi connectivity index (χ1) is 12.5. The summed E-state index contributed by atoms with van der Waals surface area (Å²) in [5.74, 6) is 0.510. The molecule has 0 radical (unpaired) electrons. The van der Waals surface area contributed by atoms with Crippen LogP contribution in [0.15, 0.2) is 47.6 Å². The van der Waals surface area contributed by atoms with Crippen LogP contribution in [0.4, 0.5) is 5.69 Å². The number of halogens is 1. The van der Waals surface area contributed by atoms with Gasteiger partial charge in [0.2, 0.25) is 5.75 Å². The molecular weight excluding hydrogens is 356 g/mol. The molecule has 8 heteroatoms. The molecule has 0 aliphatic carbocycles. The van der Waals surface area contributed by atoms with Gasteiger partial charge in [0.25, 0.3) is 0 Å². The van der Waals surface area contributed by atoms with Crippen LogP contribution in [0.5, 0.6) is 11.5 Å². The van der Waals surface area contributed by atoms with Crippen LogP contribution in [0.25, 0.3) is 0 Å². The molecule has 0 atom stereocenters. The number of nitro benzene ring substituents is 1. The molecule has 0 amide bonds. The van der Waals surface area contributed by atoms with Crippen LogP contribution in [-0.4, -0.2) is 54.3 Å². The van der Waals surface area contributed by atoms with E-state index in [-0.39, 0.29) is 11.4 Å². The average molecular weight is 375 g/mol. The minimum absolute atomic E-state index is 0.132. The molecule has 26 heavy (non-hydrogen) atoms. The normalized spacial score (nSPS) is 15.4. The second kappa shape index (κ2) is 8.16. The summed E-state index contributed by atoms with van der Waals surface area (Å²) in [6, 6.07) is 11.6. The Hall–Kier alpha value is -2.64. The van der Waals surface area contributed by atoms with Crippen LogP contribution in [0.2, 0.25) is 5.02 Å². The van der Waals surface area contributed by atoms with Crippen LogP contribution in [0, 0.1) is 10.1 Å². The van der Waals surface area contributed by atoms with E-state index in [1.807, 2.05) is 5.01 Å². The van der Waals surface area contributed by atoms with Crippen molar-refractivity contribution in [3.63, 3.8) is 0 Å². The van der Waals surface area contributed by atoms with Crippen molar-refractivity contribution in [2.45, 2.75) is 0 Å². The van der Waals surface area contributed by atoms with Crippen molar-refractivity contribution in [2.75, 3.05) is 33.2 Å². The summed E-state index contributed by atoms with van der Waals surface area (Å²) in [6.07, 6.45) is 1.64. The van der Waals surface area contributed by atoms with Gasteiger partial charge in [-0.1, -0.05) is 23.7 Å². The molecule has 1 saturated heterocycles. The van der Waals surface area contributed by atoms with E-state index in [1.54, 1.807) is 42.6 Å². The van der Waals surface area contributed by atoms with Gasteiger partial charge in [0.1, 0.15) is 5.75 Å². The van der Waals surface area contributed by atoms with Crippen molar-refractivity contribution in [3.05, 3.63) is 63.2 Å². The fraction of sp³-hybridized carbons (Fsp3) is 0.278. The lowest BCUT2D eigenvalue weighted by molar-refractivity contribution is -0.385. The summed E-state index contributed by atoms with van der Waals surface area (Å²) in [4.78, 5) is 13.2. The molecule has 0 bridgehead atoms. The lowest BCUT2D eigenvalue weighted by Crippen LogP contribution is -2.41. The molecule has 2 aromatic carbocycles. The maximum absolute atomic E-state index is 11.4. The van der Waals surface area contributed by atoms with E-state index in [4.69, 9.17) is 16.3 Å². The molecule has 2 aromatic rings. The number of benzene rings is 2. The third kappa shape index (κ3) is 4.50. The third-order valence-electron chi connectivity index (χ3n) is 4.09. The Balaban J connectivity index is 1.78. The Morgan fingerprint density at radius 2 is 1.88 bits per heavy atom. The van der Waals surface area contributed by atoms with Crippen LogP contribution in [0.3, 0.4) is 0 Å². The molecule has 0 unspecified atom stereocenters. The van der Waals surface area contributed by atoms with E-state index in [2.05, 4.69) is 17.0 Å². The molecule has 3 rings (SSSR count). The first kappa shape index (κ1) is 18.2. The largest absolute Gasteiger partial charge is 0.449 e. The molecule has 136 valence electrons. The highest BCUT2D eigenvalue weighted by Gasteiger charge is 2.18. The van der Waals surface area contributed by atoms with Crippen molar-refractivity contribution < 1.29 is 9.66 Å². The summed E-state index contributed by atoms with van der Waals surface area (Å²) in [6.45, 7) is 3.57. The van der Waals surface area contributed by atoms with Gasteiger partial charge in [-0.2, -0.15) is 5.10 Å². The molecule has 0 N–H and O–H groups in total. The first-order valence-electron chi connectivity index (χ1n) is 8.21. The minimum Gasteiger partial charge on any atom is -0.449 e. The quantitative estimate of drug-likeness (QED) is 0.454. The molecule has 0 spiro atoms. The molecule has 1 heterocycles. The number of ether oxygens (including phenoxy) is 1. The van der Waals surface area contributed by atoms with Gasteiger partial charge >= 0.3 is 5.69 Å². The fourth-order valence-electron chi connectivity index (χ4n) is 2.55. The van der Waals surface area contributed by atoms with Gasteiger partial charge in [-0.3, -0.25) is 15.1 Å². The zero-order valence-electron chi connectivity index (χ0n) is 14.3. The second-order valence-corrected chi connectivity index (χ2v) is 6.43. The minimum atomic E-state index is -0.473. The van der Waals surface area contributed by atoms with E-state index in [0.29, 0.717) is 16.3 Å². The third-order valence-corrected chi connectivity index (χ3v) is 4.40. The predicted octanol–water partition coefficient (Wildman–Crippen LogP) is 3.62. The maximum Gasteiger partial charge on any atom is 0.312 e. The van der Waals surface area contributed by atoms with Gasteiger partial charge in [-0.15, -0.1) is 0 Å². The van der Waals surface area contributed by atoms with Crippen LogP contribution in [0.1, 0.15) is 5.56 Å². The van der Waals surface area contributed by atoms with E-state index in [9.17, 15) is 10.1 Å². The smallest absolute Gasteiger partial charge is 0.312 e. The van der Waals surface area contributed by atoms with E-state index in [0.717, 1.165) is 26.2 Å². The highest BCUT2D eigenvalue weighted by molar-refractivity contribution is 6.32. The first-order valence-corrected chi connectivity index (χ1v) is 8.59. The summed E-state index contributed by atoms with van der Waals surface area (Å²) in [7, 11) is 2.07. The van der Waals surface area contributed by atoms with Crippen molar-refractivity contribution in [1.82, 2.24) is 9.91 Å². The monoisotopic (exact) mass is 374 g/mol. The average Bonchev–Trinajstić information content (AvgIpc) is 2.64. The second-order valence-electron chi connectivity index (χ2n) is 6.02. The summed E-state index contributed by atoms with van der Waals surface area (Å²) < 4.78 is 5.63. The van der Waals surface area contributed by atoms with Crippen molar-refractivity contribution >= 4 is 23.5 Å². The van der Waals surface area contributed by atoms with Gasteiger partial charge < -0.3 is 9.64 Å². The molecule has 1 aliphatic rings. The number of hydrazone groups is 1. The fourth-order valence-corrected chi connectivity index (χ4v) is 2.72. The Kier molecular flexibility index (Phi) is 5.70. The standard InChI is InChI=1S/C18H19ClN4O3/c1-21-8-10-22(11-9-21)20-13-14-6-7-18(16(12-14)23(24)25)26-17-5-3-2-4-15(17)19/h2-7,12-13H,8-11H2,1H3/b20-13+. The maximum atomic E-state index is 11.4. The topological polar surface area (TPSA) is 71.2 Å². The SMILES string of the molecule is CN1CCN(/N=C/c2ccc(Oc3ccccc3Cl)c([N+](=O)[O-])c2)CC1. The molecule has 1 fully saturated rings. The van der Waals surface area contributed by atoms with E-state index >= 15 is 0 Å². The van der Waals surface area contributed by atoms with E-state index in [1.165, 1.54) is 6.07 Å². The lowest BCUT2D eigenvalue weighted by atomic mass is 10.2. The van der Waals surface area contributed by atoms with Crippen LogP contribution in [-0.2, 0) is 0 Å². The Morgan fingerprint density at radius 3 is 2.58 bits per heavy atom. The number of hydrogen-bond donors (Lipinski definition) is 0. The van der Waals surface area contributed by atoms with Crippen molar-refractivity contribution in [2.24, 2.45) is 5.10 Å². The number of hydrogen-bond acceptors (Lipinski definition) is 6. The number of nitro groups is 1. The number of rotatable bonds is 5. The van der Waals surface area contributed by atoms with Crippen molar-refractivity contribution in [3.8, 4) is 11.5 Å². The zero-order valence-corrected chi connectivity index (χ0v) is 15.1. The van der Waals surface area contributed by atoms with Gasteiger partial charge in [0, 0.05) is 37.8 Å². The zero-order chi connectivity index (χ0) is 18.5. The number of para-hydroxylation sites is 1. The summed E-state index contributed by atoms with van der Waals surface area (Å²) >= 11 is 6.06. The van der Waals surface area contributed by atoms with Crippen LogP contribution >= 0.6 is 11.6 Å². The summed E-state index contributed by atoms with van der Waals surface area (Å²) in [5.41, 5.74) is 0.509. The van der Waals surface area contributed by atoms with Crippen molar-refractivity contribution in [1.29, 1.82) is 0 Å². The molecule has 1 aliphatic heterocycles. The number of likely N-dealkylation sites (N-methyl/N-ethyl adjacent to an activating group) is 1. The summed E-state index contributed by atoms with van der Waals surface area (Å²) in [5, 5.41) is 18.2. The Labute approximate surface area is 156 Å². The number of piperazine rings is 1. The highest BCUT2D eigenvalue weighted by Crippen LogP contribution is 2.35. The molecule has 7 nitrogen and oxygen atoms in total. The Bertz CT molecular complexity index is 820. The van der Waals surface area contributed by atoms with E-state index < -0.39 is 4.92 Å². The van der Waals surface area contributed by atoms with Gasteiger partial charge in [-0.25, -0.2) is 0 Å². The predicted molar refractivity (Wildman–Crippen MR) is 101 cm³/mol. The van der Waals surface area contributed by atoms with Gasteiger partial charge in [0.15, 0.2) is 0 Å².